The number of unbranched alkanes of at least 4 members (excludes halogenated alkanes) is 1. The van der Waals surface area contributed by atoms with Gasteiger partial charge in [0.2, 0.25) is 6.29 Å². The maximum absolute atomic E-state index is 12.2. The number of hydrogen-bond acceptors (Lipinski definition) is 4. The van der Waals surface area contributed by atoms with Crippen molar-refractivity contribution in [2.45, 2.75) is 31.5 Å². The maximum atomic E-state index is 12.2. The summed E-state index contributed by atoms with van der Waals surface area (Å²) < 4.78 is 11.4. The summed E-state index contributed by atoms with van der Waals surface area (Å²) in [7, 11) is 0. The summed E-state index contributed by atoms with van der Waals surface area (Å²) in [6.45, 7) is 0.769. The Bertz CT molecular complexity index is 591. The first-order valence-corrected chi connectivity index (χ1v) is 8.12. The molecule has 2 atom stereocenters. The molecular weight excluding hydrogens is 306 g/mol. The summed E-state index contributed by atoms with van der Waals surface area (Å²) in [5.74, 6) is 2.31. The summed E-state index contributed by atoms with van der Waals surface area (Å²) in [5, 5.41) is 11.4. The van der Waals surface area contributed by atoms with E-state index in [0.717, 1.165) is 12.0 Å². The highest BCUT2D eigenvalue weighted by Gasteiger charge is 2.28. The fraction of sp³-hybridized carbons (Fsp3) is 0.421. The third-order valence-corrected chi connectivity index (χ3v) is 3.72. The lowest BCUT2D eigenvalue weighted by Gasteiger charge is -2.29. The molecule has 2 rings (SSSR count). The van der Waals surface area contributed by atoms with E-state index in [2.05, 4.69) is 11.2 Å². The van der Waals surface area contributed by atoms with Crippen molar-refractivity contribution in [2.24, 2.45) is 0 Å². The van der Waals surface area contributed by atoms with Crippen molar-refractivity contribution in [3.8, 4) is 12.3 Å². The third kappa shape index (κ3) is 5.41. The lowest BCUT2D eigenvalue weighted by atomic mass is 9.93. The smallest absolute Gasteiger partial charge is 0.286 e. The molecule has 1 aliphatic rings. The number of rotatable bonds is 8. The van der Waals surface area contributed by atoms with Crippen LogP contribution < -0.4 is 5.32 Å². The molecule has 0 saturated heterocycles. The first kappa shape index (κ1) is 18.1. The minimum Gasteiger partial charge on any atom is -0.459 e. The Hall–Kier alpha value is -2.29. The maximum Gasteiger partial charge on any atom is 0.286 e. The summed E-state index contributed by atoms with van der Waals surface area (Å²) in [4.78, 5) is 12.2. The number of terminal acetylenes is 1. The van der Waals surface area contributed by atoms with Gasteiger partial charge in [0.1, 0.15) is 0 Å². The number of carbonyl (C=O) groups is 1. The molecule has 1 amide bonds. The van der Waals surface area contributed by atoms with E-state index in [4.69, 9.17) is 21.0 Å². The number of carbonyl (C=O) groups excluding carboxylic acids is 1. The minimum atomic E-state index is -0.495. The number of ether oxygens (including phenoxy) is 2. The van der Waals surface area contributed by atoms with Crippen LogP contribution in [0.5, 0.6) is 0 Å². The van der Waals surface area contributed by atoms with Gasteiger partial charge >= 0.3 is 0 Å². The summed E-state index contributed by atoms with van der Waals surface area (Å²) in [6, 6.07) is 9.93. The lowest BCUT2D eigenvalue weighted by Crippen LogP contribution is -2.33. The molecule has 0 radical (unpaired) electrons. The summed E-state index contributed by atoms with van der Waals surface area (Å²) >= 11 is 0. The topological polar surface area (TPSA) is 67.8 Å². The van der Waals surface area contributed by atoms with Crippen LogP contribution in [0.3, 0.4) is 0 Å². The average molecular weight is 329 g/mol. The standard InChI is InChI=1S/C19H23NO4/c1-2-10-20-19(22)17-13-16(15-8-4-3-5-9-15)14-18(24-17)23-12-7-6-11-21/h1,3-5,8-9,13,16,18,21H,6-7,10-12,14H2,(H,20,22)/t16-,18+/m1/s1. The fourth-order valence-electron chi connectivity index (χ4n) is 2.50. The summed E-state index contributed by atoms with van der Waals surface area (Å²) in [6.07, 6.45) is 8.55. The van der Waals surface area contributed by atoms with Crippen LogP contribution in [0.1, 0.15) is 30.7 Å². The average Bonchev–Trinajstić information content (AvgIpc) is 2.63. The second kappa shape index (κ2) is 9.76. The van der Waals surface area contributed by atoms with Gasteiger partial charge in [0, 0.05) is 18.9 Å². The van der Waals surface area contributed by atoms with E-state index in [0.29, 0.717) is 19.4 Å². The largest absolute Gasteiger partial charge is 0.459 e. The highest BCUT2D eigenvalue weighted by molar-refractivity contribution is 5.91. The minimum absolute atomic E-state index is 0.0365. The lowest BCUT2D eigenvalue weighted by molar-refractivity contribution is -0.146. The SMILES string of the molecule is C#CCNC(=O)C1=C[C@@H](c2ccccc2)C[C@@H](OCCCCO)O1. The Morgan fingerprint density at radius 3 is 2.88 bits per heavy atom. The predicted molar refractivity (Wildman–Crippen MR) is 90.9 cm³/mol. The zero-order valence-corrected chi connectivity index (χ0v) is 13.6. The zero-order chi connectivity index (χ0) is 17.2. The van der Waals surface area contributed by atoms with Crippen LogP contribution in [-0.4, -0.2) is 37.1 Å². The highest BCUT2D eigenvalue weighted by Crippen LogP contribution is 2.31. The van der Waals surface area contributed by atoms with Crippen LogP contribution in [0, 0.1) is 12.3 Å². The monoisotopic (exact) mass is 329 g/mol. The van der Waals surface area contributed by atoms with Gasteiger partial charge in [0.25, 0.3) is 5.91 Å². The van der Waals surface area contributed by atoms with E-state index in [9.17, 15) is 4.79 Å². The molecule has 1 aromatic rings. The molecule has 128 valence electrons. The van der Waals surface area contributed by atoms with Gasteiger partial charge in [-0.1, -0.05) is 36.3 Å². The molecule has 0 aromatic heterocycles. The van der Waals surface area contributed by atoms with Crippen molar-refractivity contribution in [3.05, 3.63) is 47.7 Å². The molecule has 1 heterocycles. The van der Waals surface area contributed by atoms with Crippen molar-refractivity contribution in [1.82, 2.24) is 5.32 Å². The van der Waals surface area contributed by atoms with Crippen LogP contribution >= 0.6 is 0 Å². The fourth-order valence-corrected chi connectivity index (χ4v) is 2.50. The molecule has 0 aliphatic carbocycles. The van der Waals surface area contributed by atoms with E-state index in [1.54, 1.807) is 0 Å². The van der Waals surface area contributed by atoms with Crippen LogP contribution in [-0.2, 0) is 14.3 Å². The molecule has 5 heteroatoms. The number of aliphatic hydroxyl groups is 1. The molecule has 2 N–H and O–H groups in total. The first-order chi connectivity index (χ1) is 11.7. The first-order valence-electron chi connectivity index (χ1n) is 8.12. The van der Waals surface area contributed by atoms with Crippen molar-refractivity contribution in [3.63, 3.8) is 0 Å². The van der Waals surface area contributed by atoms with Crippen LogP contribution in [0.2, 0.25) is 0 Å². The molecule has 0 bridgehead atoms. The number of amides is 1. The van der Waals surface area contributed by atoms with Gasteiger partial charge in [-0.25, -0.2) is 0 Å². The van der Waals surface area contributed by atoms with Gasteiger partial charge in [-0.2, -0.15) is 0 Å². The van der Waals surface area contributed by atoms with E-state index in [1.807, 2.05) is 36.4 Å². The van der Waals surface area contributed by atoms with Gasteiger partial charge in [-0.05, 0) is 24.5 Å². The molecule has 0 unspecified atom stereocenters. The third-order valence-electron chi connectivity index (χ3n) is 3.72. The molecule has 1 aliphatic heterocycles. The van der Waals surface area contributed by atoms with Crippen molar-refractivity contribution in [1.29, 1.82) is 0 Å². The number of benzene rings is 1. The number of allylic oxidation sites excluding steroid dienone is 1. The van der Waals surface area contributed by atoms with Crippen molar-refractivity contribution in [2.75, 3.05) is 19.8 Å². The Balaban J connectivity index is 2.07. The van der Waals surface area contributed by atoms with Crippen molar-refractivity contribution >= 4 is 5.91 Å². The van der Waals surface area contributed by atoms with E-state index in [-0.39, 0.29) is 30.7 Å². The predicted octanol–water partition coefficient (Wildman–Crippen LogP) is 1.94. The van der Waals surface area contributed by atoms with Gasteiger partial charge < -0.3 is 19.9 Å². The highest BCUT2D eigenvalue weighted by atomic mass is 16.7. The van der Waals surface area contributed by atoms with Crippen LogP contribution in [0.15, 0.2) is 42.2 Å². The Morgan fingerprint density at radius 2 is 2.17 bits per heavy atom. The molecule has 0 spiro atoms. The Labute approximate surface area is 142 Å². The Kier molecular flexibility index (Phi) is 7.34. The molecule has 0 fully saturated rings. The van der Waals surface area contributed by atoms with Gasteiger partial charge in [0.05, 0.1) is 13.2 Å². The van der Waals surface area contributed by atoms with Gasteiger partial charge in [-0.15, -0.1) is 6.42 Å². The zero-order valence-electron chi connectivity index (χ0n) is 13.6. The molecule has 1 aromatic carbocycles. The Morgan fingerprint density at radius 1 is 1.38 bits per heavy atom. The second-order valence-electron chi connectivity index (χ2n) is 5.52. The van der Waals surface area contributed by atoms with E-state index < -0.39 is 6.29 Å². The molecule has 5 nitrogen and oxygen atoms in total. The van der Waals surface area contributed by atoms with E-state index >= 15 is 0 Å². The summed E-state index contributed by atoms with van der Waals surface area (Å²) in [5.41, 5.74) is 1.10. The molecule has 0 saturated carbocycles. The molecular formula is C19H23NO4. The van der Waals surface area contributed by atoms with E-state index in [1.165, 1.54) is 0 Å². The number of hydrogen-bond donors (Lipinski definition) is 2. The van der Waals surface area contributed by atoms with Gasteiger partial charge in [-0.3, -0.25) is 4.79 Å². The second-order valence-corrected chi connectivity index (χ2v) is 5.52. The normalized spacial score (nSPS) is 19.8. The number of aliphatic hydroxyl groups excluding tert-OH is 1. The quantitative estimate of drug-likeness (QED) is 0.565. The van der Waals surface area contributed by atoms with Crippen LogP contribution in [0.4, 0.5) is 0 Å². The number of nitrogens with one attached hydrogen (secondary N) is 1. The van der Waals surface area contributed by atoms with Crippen molar-refractivity contribution < 1.29 is 19.4 Å². The van der Waals surface area contributed by atoms with Gasteiger partial charge in [0.15, 0.2) is 5.76 Å². The molecule has 24 heavy (non-hydrogen) atoms. The van der Waals surface area contributed by atoms with Crippen LogP contribution in [0.25, 0.3) is 0 Å².